The fourth-order valence-electron chi connectivity index (χ4n) is 3.36. The first-order valence-electron chi connectivity index (χ1n) is 7.14. The Morgan fingerprint density at radius 2 is 1.89 bits per heavy atom. The van der Waals surface area contributed by atoms with Crippen LogP contribution >= 0.6 is 0 Å². The van der Waals surface area contributed by atoms with Crippen LogP contribution in [0.15, 0.2) is 18.2 Å². The molecule has 1 saturated carbocycles. The summed E-state index contributed by atoms with van der Waals surface area (Å²) in [6.45, 7) is 5.24. The van der Waals surface area contributed by atoms with Crippen LogP contribution in [0.2, 0.25) is 0 Å². The minimum Gasteiger partial charge on any atom is -0.382 e. The predicted octanol–water partition coefficient (Wildman–Crippen LogP) is 3.82. The number of anilines is 1. The van der Waals surface area contributed by atoms with Crippen molar-refractivity contribution >= 4 is 5.69 Å². The first kappa shape index (κ1) is 12.0. The molecule has 2 heteroatoms. The van der Waals surface area contributed by atoms with Crippen LogP contribution in [0.5, 0.6) is 0 Å². The van der Waals surface area contributed by atoms with Gasteiger partial charge in [-0.25, -0.2) is 0 Å². The lowest BCUT2D eigenvalue weighted by Gasteiger charge is -2.47. The van der Waals surface area contributed by atoms with Crippen LogP contribution in [0.1, 0.15) is 43.2 Å². The van der Waals surface area contributed by atoms with E-state index in [1.807, 2.05) is 0 Å². The average molecular weight is 245 g/mol. The summed E-state index contributed by atoms with van der Waals surface area (Å²) in [7, 11) is 0. The van der Waals surface area contributed by atoms with Crippen LogP contribution in [0.25, 0.3) is 0 Å². The number of aryl methyl sites for hydroxylation is 2. The number of ether oxygens (including phenoxy) is 1. The first-order valence-corrected chi connectivity index (χ1v) is 7.14. The van der Waals surface area contributed by atoms with Gasteiger partial charge >= 0.3 is 0 Å². The van der Waals surface area contributed by atoms with Gasteiger partial charge in [0.15, 0.2) is 0 Å². The van der Waals surface area contributed by atoms with Crippen LogP contribution in [0.3, 0.4) is 0 Å². The highest BCUT2D eigenvalue weighted by molar-refractivity contribution is 5.49. The van der Waals surface area contributed by atoms with Crippen LogP contribution in [0.4, 0.5) is 5.69 Å². The molecule has 1 heterocycles. The molecule has 98 valence electrons. The zero-order chi connectivity index (χ0) is 12.6. The third kappa shape index (κ3) is 2.39. The molecule has 1 aromatic carbocycles. The summed E-state index contributed by atoms with van der Waals surface area (Å²) in [5, 5.41) is 3.71. The van der Waals surface area contributed by atoms with Crippen molar-refractivity contribution in [1.29, 1.82) is 0 Å². The molecule has 1 aliphatic heterocycles. The molecule has 1 aromatic rings. The molecule has 2 fully saturated rings. The quantitative estimate of drug-likeness (QED) is 0.855. The molecule has 1 atom stereocenters. The fraction of sp³-hybridized carbons (Fsp3) is 0.625. The molecule has 3 rings (SSSR count). The second kappa shape index (κ2) is 4.58. The van der Waals surface area contributed by atoms with E-state index in [-0.39, 0.29) is 5.60 Å². The van der Waals surface area contributed by atoms with E-state index in [4.69, 9.17) is 4.74 Å². The van der Waals surface area contributed by atoms with Crippen LogP contribution in [-0.4, -0.2) is 18.2 Å². The van der Waals surface area contributed by atoms with Gasteiger partial charge in [-0.2, -0.15) is 0 Å². The zero-order valence-electron chi connectivity index (χ0n) is 11.5. The summed E-state index contributed by atoms with van der Waals surface area (Å²) in [6.07, 6.45) is 6.18. The molecule has 1 spiro atoms. The van der Waals surface area contributed by atoms with E-state index >= 15 is 0 Å². The summed E-state index contributed by atoms with van der Waals surface area (Å²) in [4.78, 5) is 0. The Morgan fingerprint density at radius 1 is 1.17 bits per heavy atom. The Labute approximate surface area is 110 Å². The Bertz CT molecular complexity index is 416. The molecule has 1 unspecified atom stereocenters. The molecule has 0 aromatic heterocycles. The Hall–Kier alpha value is -1.02. The molecular formula is C16H23NO. The van der Waals surface area contributed by atoms with Crippen molar-refractivity contribution in [2.45, 2.75) is 57.6 Å². The van der Waals surface area contributed by atoms with Gasteiger partial charge in [-0.3, -0.25) is 0 Å². The van der Waals surface area contributed by atoms with Crippen LogP contribution in [-0.2, 0) is 4.74 Å². The Balaban J connectivity index is 1.68. The number of nitrogens with one attached hydrogen (secondary N) is 1. The van der Waals surface area contributed by atoms with Gasteiger partial charge in [0.2, 0.25) is 0 Å². The molecular weight excluding hydrogens is 222 g/mol. The molecule has 0 radical (unpaired) electrons. The third-order valence-electron chi connectivity index (χ3n) is 4.35. The zero-order valence-corrected chi connectivity index (χ0v) is 11.5. The predicted molar refractivity (Wildman–Crippen MR) is 75.1 cm³/mol. The van der Waals surface area contributed by atoms with E-state index in [2.05, 4.69) is 37.4 Å². The number of hydrogen-bond donors (Lipinski definition) is 1. The van der Waals surface area contributed by atoms with E-state index in [9.17, 15) is 0 Å². The van der Waals surface area contributed by atoms with Gasteiger partial charge in [-0.1, -0.05) is 6.07 Å². The highest BCUT2D eigenvalue weighted by Crippen LogP contribution is 2.42. The number of hydrogen-bond acceptors (Lipinski definition) is 2. The third-order valence-corrected chi connectivity index (χ3v) is 4.35. The van der Waals surface area contributed by atoms with E-state index in [0.717, 1.165) is 13.0 Å². The van der Waals surface area contributed by atoms with Gasteiger partial charge in [-0.15, -0.1) is 0 Å². The van der Waals surface area contributed by atoms with Gasteiger partial charge in [0.25, 0.3) is 0 Å². The van der Waals surface area contributed by atoms with Gasteiger partial charge in [-0.05, 0) is 69.2 Å². The average Bonchev–Trinajstić information content (AvgIpc) is 2.26. The molecule has 1 N–H and O–H groups in total. The van der Waals surface area contributed by atoms with Crippen LogP contribution < -0.4 is 5.32 Å². The molecule has 1 saturated heterocycles. The normalized spacial score (nSPS) is 25.8. The van der Waals surface area contributed by atoms with Gasteiger partial charge < -0.3 is 10.1 Å². The highest BCUT2D eigenvalue weighted by atomic mass is 16.5. The molecule has 1 aliphatic carbocycles. The van der Waals surface area contributed by atoms with Crippen molar-refractivity contribution in [2.24, 2.45) is 0 Å². The highest BCUT2D eigenvalue weighted by Gasteiger charge is 2.42. The maximum Gasteiger partial charge on any atom is 0.0702 e. The summed E-state index contributed by atoms with van der Waals surface area (Å²) < 4.78 is 5.98. The minimum atomic E-state index is 0.231. The van der Waals surface area contributed by atoms with Crippen molar-refractivity contribution in [3.63, 3.8) is 0 Å². The van der Waals surface area contributed by atoms with E-state index < -0.39 is 0 Å². The smallest absolute Gasteiger partial charge is 0.0702 e. The maximum absolute atomic E-state index is 5.98. The summed E-state index contributed by atoms with van der Waals surface area (Å²) in [5.74, 6) is 0. The summed E-state index contributed by atoms with van der Waals surface area (Å²) >= 11 is 0. The molecule has 2 nitrogen and oxygen atoms in total. The van der Waals surface area contributed by atoms with Gasteiger partial charge in [0.05, 0.1) is 5.60 Å². The summed E-state index contributed by atoms with van der Waals surface area (Å²) in [6, 6.07) is 7.30. The fourth-order valence-corrected chi connectivity index (χ4v) is 3.36. The van der Waals surface area contributed by atoms with Crippen molar-refractivity contribution in [3.05, 3.63) is 29.3 Å². The van der Waals surface area contributed by atoms with E-state index in [1.54, 1.807) is 0 Å². The summed E-state index contributed by atoms with van der Waals surface area (Å²) in [5.41, 5.74) is 4.18. The molecule has 2 aliphatic rings. The standard InChI is InChI=1S/C16H23NO/c1-12-8-13(2)10-15(9-12)17-14-4-7-18-16(11-14)5-3-6-16/h8-10,14,17H,3-7,11H2,1-2H3. The lowest BCUT2D eigenvalue weighted by atomic mass is 9.74. The number of rotatable bonds is 2. The van der Waals surface area contributed by atoms with Gasteiger partial charge in [0.1, 0.15) is 0 Å². The maximum atomic E-state index is 5.98. The first-order chi connectivity index (χ1) is 8.65. The number of benzene rings is 1. The SMILES string of the molecule is Cc1cc(C)cc(NC2CCOC3(CCC3)C2)c1. The lowest BCUT2D eigenvalue weighted by Crippen LogP contribution is -2.49. The Kier molecular flexibility index (Phi) is 3.06. The largest absolute Gasteiger partial charge is 0.382 e. The van der Waals surface area contributed by atoms with Crippen molar-refractivity contribution in [2.75, 3.05) is 11.9 Å². The van der Waals surface area contributed by atoms with Crippen molar-refractivity contribution in [3.8, 4) is 0 Å². The molecule has 0 bridgehead atoms. The van der Waals surface area contributed by atoms with Gasteiger partial charge in [0, 0.05) is 18.3 Å². The molecule has 0 amide bonds. The van der Waals surface area contributed by atoms with Crippen molar-refractivity contribution in [1.82, 2.24) is 0 Å². The Morgan fingerprint density at radius 3 is 2.50 bits per heavy atom. The second-order valence-corrected chi connectivity index (χ2v) is 6.10. The second-order valence-electron chi connectivity index (χ2n) is 6.10. The minimum absolute atomic E-state index is 0.231. The molecule has 18 heavy (non-hydrogen) atoms. The topological polar surface area (TPSA) is 21.3 Å². The van der Waals surface area contributed by atoms with E-state index in [0.29, 0.717) is 6.04 Å². The van der Waals surface area contributed by atoms with Crippen molar-refractivity contribution < 1.29 is 4.74 Å². The van der Waals surface area contributed by atoms with E-state index in [1.165, 1.54) is 42.5 Å². The lowest BCUT2D eigenvalue weighted by molar-refractivity contribution is -0.130. The monoisotopic (exact) mass is 245 g/mol. The van der Waals surface area contributed by atoms with Crippen LogP contribution in [0, 0.1) is 13.8 Å².